The molecule has 7 nitrogen and oxygen atoms in total. The highest BCUT2D eigenvalue weighted by Gasteiger charge is 2.28. The lowest BCUT2D eigenvalue weighted by Crippen LogP contribution is -2.34. The second-order valence-electron chi connectivity index (χ2n) is 7.89. The summed E-state index contributed by atoms with van der Waals surface area (Å²) in [4.78, 5) is 36.1. The van der Waals surface area contributed by atoms with Gasteiger partial charge in [-0.05, 0) is 81.1 Å². The number of esters is 1. The third-order valence-corrected chi connectivity index (χ3v) is 5.52. The monoisotopic (exact) mass is 456 g/mol. The zero-order valence-electron chi connectivity index (χ0n) is 18.6. The number of rotatable bonds is 9. The maximum absolute atomic E-state index is 12.9. The maximum Gasteiger partial charge on any atom is 0.308 e. The first-order valence-corrected chi connectivity index (χ1v) is 11.2. The van der Waals surface area contributed by atoms with Crippen molar-refractivity contribution >= 4 is 17.8 Å². The first-order chi connectivity index (χ1) is 16.0. The van der Waals surface area contributed by atoms with Gasteiger partial charge in [0.25, 0.3) is 11.8 Å². The van der Waals surface area contributed by atoms with Crippen molar-refractivity contribution in [2.45, 2.75) is 38.7 Å². The van der Waals surface area contributed by atoms with Gasteiger partial charge in [-0.15, -0.1) is 0 Å². The Kier molecular flexibility index (Phi) is 8.80. The van der Waals surface area contributed by atoms with Gasteiger partial charge in [0, 0.05) is 24.2 Å². The fraction of sp³-hybridized carbons (Fsp3) is 0.400. The molecule has 0 spiro atoms. The van der Waals surface area contributed by atoms with Crippen molar-refractivity contribution in [1.82, 2.24) is 10.6 Å². The number of carbonyl (C=O) groups excluding carboxylic acids is 3. The summed E-state index contributed by atoms with van der Waals surface area (Å²) in [7, 11) is 0. The van der Waals surface area contributed by atoms with Gasteiger partial charge in [-0.25, -0.2) is 4.39 Å². The molecule has 2 amide bonds. The predicted molar refractivity (Wildman–Crippen MR) is 121 cm³/mol. The van der Waals surface area contributed by atoms with Crippen LogP contribution in [0.15, 0.2) is 48.5 Å². The van der Waals surface area contributed by atoms with Crippen LogP contribution in [-0.4, -0.2) is 43.6 Å². The topological polar surface area (TPSA) is 93.7 Å². The largest absolute Gasteiger partial charge is 0.490 e. The van der Waals surface area contributed by atoms with E-state index in [0.29, 0.717) is 23.5 Å². The van der Waals surface area contributed by atoms with Crippen molar-refractivity contribution in [3.05, 3.63) is 65.5 Å². The van der Waals surface area contributed by atoms with Gasteiger partial charge in [0.1, 0.15) is 11.6 Å². The van der Waals surface area contributed by atoms with Crippen molar-refractivity contribution < 1.29 is 28.2 Å². The van der Waals surface area contributed by atoms with Gasteiger partial charge in [0.05, 0.1) is 18.6 Å². The Morgan fingerprint density at radius 1 is 0.848 bits per heavy atom. The van der Waals surface area contributed by atoms with Gasteiger partial charge >= 0.3 is 5.97 Å². The molecule has 2 aromatic carbocycles. The van der Waals surface area contributed by atoms with Crippen molar-refractivity contribution in [3.63, 3.8) is 0 Å². The molecule has 0 radical (unpaired) electrons. The van der Waals surface area contributed by atoms with Crippen LogP contribution >= 0.6 is 0 Å². The number of hydrogen-bond donors (Lipinski definition) is 2. The molecule has 33 heavy (non-hydrogen) atoms. The first kappa shape index (κ1) is 24.2. The van der Waals surface area contributed by atoms with Crippen LogP contribution in [-0.2, 0) is 9.53 Å². The number of amides is 2. The van der Waals surface area contributed by atoms with E-state index in [0.717, 1.165) is 25.7 Å². The zero-order chi connectivity index (χ0) is 23.6. The van der Waals surface area contributed by atoms with Crippen LogP contribution in [0.5, 0.6) is 5.75 Å². The molecule has 8 heteroatoms. The normalized spacial score (nSPS) is 17.6. The lowest BCUT2D eigenvalue weighted by Gasteiger charge is -2.27. The number of nitrogens with one attached hydrogen (secondary N) is 2. The molecule has 2 N–H and O–H groups in total. The molecule has 176 valence electrons. The molecule has 0 aliphatic heterocycles. The van der Waals surface area contributed by atoms with E-state index in [1.54, 1.807) is 24.3 Å². The highest BCUT2D eigenvalue weighted by atomic mass is 19.1. The van der Waals surface area contributed by atoms with Gasteiger partial charge < -0.3 is 20.1 Å². The predicted octanol–water partition coefficient (Wildman–Crippen LogP) is 3.49. The minimum Gasteiger partial charge on any atom is -0.490 e. The van der Waals surface area contributed by atoms with Crippen LogP contribution in [0.1, 0.15) is 53.3 Å². The molecule has 0 heterocycles. The molecular weight excluding hydrogens is 427 g/mol. The van der Waals surface area contributed by atoms with Crippen LogP contribution < -0.4 is 15.4 Å². The fourth-order valence-corrected chi connectivity index (χ4v) is 3.71. The summed E-state index contributed by atoms with van der Waals surface area (Å²) in [6.07, 6.45) is 3.12. The average molecular weight is 457 g/mol. The molecule has 0 unspecified atom stereocenters. The van der Waals surface area contributed by atoms with Gasteiger partial charge in [0.15, 0.2) is 0 Å². The lowest BCUT2D eigenvalue weighted by atomic mass is 9.87. The van der Waals surface area contributed by atoms with Crippen molar-refractivity contribution in [2.24, 2.45) is 5.92 Å². The summed E-state index contributed by atoms with van der Waals surface area (Å²) in [6, 6.07) is 12.1. The van der Waals surface area contributed by atoms with Gasteiger partial charge in [-0.2, -0.15) is 0 Å². The Morgan fingerprint density at radius 3 is 1.88 bits per heavy atom. The number of carbonyl (C=O) groups is 3. The molecule has 1 saturated carbocycles. The SMILES string of the molecule is CCOC(=O)[C@H]1CC[C@@H](Oc2ccc(C(=O)NCCNC(=O)c3ccc(F)cc3)cc2)CC1. The second kappa shape index (κ2) is 12.0. The molecular formula is C25H29FN2O5. The standard InChI is InChI=1S/C25H29FN2O5/c1-2-32-25(31)19-7-13-22(14-8-19)33-21-11-5-18(6-12-21)24(30)28-16-15-27-23(29)17-3-9-20(26)10-4-17/h3-6,9-12,19,22H,2,7-8,13-16H2,1H3,(H,27,29)(H,28,30)/t19-,22+. The van der Waals surface area contributed by atoms with E-state index in [2.05, 4.69) is 10.6 Å². The van der Waals surface area contributed by atoms with Crippen LogP contribution in [0, 0.1) is 11.7 Å². The highest BCUT2D eigenvalue weighted by Crippen LogP contribution is 2.28. The third kappa shape index (κ3) is 7.30. The smallest absolute Gasteiger partial charge is 0.308 e. The number of benzene rings is 2. The average Bonchev–Trinajstić information content (AvgIpc) is 2.83. The third-order valence-electron chi connectivity index (χ3n) is 5.52. The van der Waals surface area contributed by atoms with E-state index in [4.69, 9.17) is 9.47 Å². The summed E-state index contributed by atoms with van der Waals surface area (Å²) < 4.78 is 24.0. The Hall–Kier alpha value is -3.42. The highest BCUT2D eigenvalue weighted by molar-refractivity contribution is 5.95. The molecule has 1 aliphatic carbocycles. The van der Waals surface area contributed by atoms with Crippen molar-refractivity contribution in [1.29, 1.82) is 0 Å². The Balaban J connectivity index is 1.37. The summed E-state index contributed by atoms with van der Waals surface area (Å²) in [5.41, 5.74) is 0.839. The fourth-order valence-electron chi connectivity index (χ4n) is 3.71. The van der Waals surface area contributed by atoms with E-state index < -0.39 is 5.82 Å². The van der Waals surface area contributed by atoms with Gasteiger partial charge in [-0.1, -0.05) is 0 Å². The molecule has 0 saturated heterocycles. The molecule has 2 aromatic rings. The van der Waals surface area contributed by atoms with E-state index >= 15 is 0 Å². The Labute approximate surface area is 192 Å². The lowest BCUT2D eigenvalue weighted by molar-refractivity contribution is -0.149. The summed E-state index contributed by atoms with van der Waals surface area (Å²) >= 11 is 0. The van der Waals surface area contributed by atoms with Gasteiger partial charge in [0.2, 0.25) is 0 Å². The van der Waals surface area contributed by atoms with E-state index in [1.165, 1.54) is 24.3 Å². The van der Waals surface area contributed by atoms with Gasteiger partial charge in [-0.3, -0.25) is 14.4 Å². The first-order valence-electron chi connectivity index (χ1n) is 11.2. The molecule has 0 bridgehead atoms. The summed E-state index contributed by atoms with van der Waals surface area (Å²) in [6.45, 7) is 2.72. The Morgan fingerprint density at radius 2 is 1.36 bits per heavy atom. The van der Waals surface area contributed by atoms with E-state index in [-0.39, 0.29) is 42.9 Å². The quantitative estimate of drug-likeness (QED) is 0.445. The van der Waals surface area contributed by atoms with Crippen molar-refractivity contribution in [3.8, 4) is 5.75 Å². The molecule has 0 atom stereocenters. The van der Waals surface area contributed by atoms with Crippen molar-refractivity contribution in [2.75, 3.05) is 19.7 Å². The summed E-state index contributed by atoms with van der Waals surface area (Å²) in [5, 5.41) is 5.41. The molecule has 1 fully saturated rings. The van der Waals surface area contributed by atoms with Crippen LogP contribution in [0.4, 0.5) is 4.39 Å². The van der Waals surface area contributed by atoms with E-state index in [9.17, 15) is 18.8 Å². The van der Waals surface area contributed by atoms with Crippen LogP contribution in [0.3, 0.4) is 0 Å². The number of halogens is 1. The molecule has 0 aromatic heterocycles. The number of hydrogen-bond acceptors (Lipinski definition) is 5. The second-order valence-corrected chi connectivity index (χ2v) is 7.89. The zero-order valence-corrected chi connectivity index (χ0v) is 18.6. The van der Waals surface area contributed by atoms with E-state index in [1.807, 2.05) is 6.92 Å². The molecule has 1 aliphatic rings. The minimum atomic E-state index is -0.406. The minimum absolute atomic E-state index is 0.0417. The Bertz CT molecular complexity index is 938. The van der Waals surface area contributed by atoms with Crippen LogP contribution in [0.25, 0.3) is 0 Å². The maximum atomic E-state index is 12.9. The molecule has 3 rings (SSSR count). The number of ether oxygens (including phenoxy) is 2. The summed E-state index contributed by atoms with van der Waals surface area (Å²) in [5.74, 6) is -0.485. The van der Waals surface area contributed by atoms with Crippen LogP contribution in [0.2, 0.25) is 0 Å².